The average molecular weight is 358 g/mol. The Labute approximate surface area is 110 Å². The fourth-order valence-corrected chi connectivity index (χ4v) is 5.20. The van der Waals surface area contributed by atoms with Crippen LogP contribution >= 0.6 is 19.4 Å². The molecule has 0 aromatic heterocycles. The predicted octanol–water partition coefficient (Wildman–Crippen LogP) is 0.910. The quantitative estimate of drug-likeness (QED) is 0.659. The Morgan fingerprint density at radius 1 is 1.06 bits per heavy atom. The third kappa shape index (κ3) is 4.30. The van der Waals surface area contributed by atoms with E-state index in [1.807, 2.05) is 0 Å². The van der Waals surface area contributed by atoms with Gasteiger partial charge in [0.05, 0.1) is 0 Å². The van der Waals surface area contributed by atoms with Crippen LogP contribution in [0.25, 0.3) is 0 Å². The number of hydrogen-bond donors (Lipinski definition) is 0. The predicted molar refractivity (Wildman–Crippen MR) is 63.6 cm³/mol. The van der Waals surface area contributed by atoms with Gasteiger partial charge in [0.1, 0.15) is 0 Å². The van der Waals surface area contributed by atoms with Crippen LogP contribution in [0.2, 0.25) is 0 Å². The van der Waals surface area contributed by atoms with Crippen molar-refractivity contribution in [1.82, 2.24) is 9.80 Å². The zero-order chi connectivity index (χ0) is 12.0. The van der Waals surface area contributed by atoms with E-state index in [4.69, 9.17) is 28.9 Å². The van der Waals surface area contributed by atoms with Crippen molar-refractivity contribution in [2.24, 2.45) is 0 Å². The summed E-state index contributed by atoms with van der Waals surface area (Å²) in [5.74, 6) is 0. The van der Waals surface area contributed by atoms with E-state index in [1.165, 1.54) is 0 Å². The van der Waals surface area contributed by atoms with E-state index >= 15 is 0 Å². The van der Waals surface area contributed by atoms with Gasteiger partial charge in [-0.1, -0.05) is 0 Å². The van der Waals surface area contributed by atoms with E-state index in [2.05, 4.69) is 9.80 Å². The molecule has 0 aromatic carbocycles. The molecule has 0 saturated carbocycles. The summed E-state index contributed by atoms with van der Waals surface area (Å²) in [6.07, 6.45) is 0. The second kappa shape index (κ2) is 8.09. The second-order valence-corrected chi connectivity index (χ2v) is 9.06. The summed E-state index contributed by atoms with van der Waals surface area (Å²) < 4.78 is 11.3. The molecule has 0 aromatic rings. The molecule has 0 amide bonds. The van der Waals surface area contributed by atoms with E-state index in [0.29, 0.717) is 13.2 Å². The number of methoxy groups -OCH3 is 2. The monoisotopic (exact) mass is 358 g/mol. The van der Waals surface area contributed by atoms with Gasteiger partial charge < -0.3 is 0 Å². The van der Waals surface area contributed by atoms with E-state index < -0.39 is 13.5 Å². The van der Waals surface area contributed by atoms with Crippen molar-refractivity contribution in [3.63, 3.8) is 0 Å². The number of hydrogen-bond acceptors (Lipinski definition) is 4. The molecule has 7 heteroatoms. The molecule has 0 radical (unpaired) electrons. The number of halogens is 2. The zero-order valence-corrected chi connectivity index (χ0v) is 12.8. The maximum absolute atomic E-state index is 6.14. The Kier molecular flexibility index (Phi) is 7.57. The first-order valence-electron chi connectivity index (χ1n) is 5.05. The molecule has 1 aliphatic rings. The summed E-state index contributed by atoms with van der Waals surface area (Å²) in [4.78, 5) is 4.47. The topological polar surface area (TPSA) is 24.9 Å². The van der Waals surface area contributed by atoms with Crippen molar-refractivity contribution < 1.29 is 23.0 Å². The molecule has 1 heterocycles. The summed E-state index contributed by atoms with van der Waals surface area (Å²) in [5, 5.41) is 0. The number of nitrogens with zero attached hydrogens (tertiary/aromatic N) is 2. The van der Waals surface area contributed by atoms with Gasteiger partial charge in [0.15, 0.2) is 0 Å². The third-order valence-electron chi connectivity index (χ3n) is 2.40. The van der Waals surface area contributed by atoms with E-state index in [0.717, 1.165) is 30.5 Å². The summed E-state index contributed by atoms with van der Waals surface area (Å²) in [6, 6.07) is 0. The first-order valence-corrected chi connectivity index (χ1v) is 10.4. The fraction of sp³-hybridized carbons (Fsp3) is 0.889. The Balaban J connectivity index is 2.59. The van der Waals surface area contributed by atoms with Gasteiger partial charge in [-0.2, -0.15) is 0 Å². The van der Waals surface area contributed by atoms with Crippen LogP contribution in [0.1, 0.15) is 0 Å². The first-order chi connectivity index (χ1) is 7.70. The van der Waals surface area contributed by atoms with Crippen LogP contribution in [0.5, 0.6) is 0 Å². The van der Waals surface area contributed by atoms with Crippen molar-refractivity contribution in [1.29, 1.82) is 0 Å². The zero-order valence-electron chi connectivity index (χ0n) is 9.56. The molecule has 1 fully saturated rings. The summed E-state index contributed by atoms with van der Waals surface area (Å²) >= 11 is -1.86. The molecule has 1 rings (SSSR count). The molecule has 0 spiro atoms. The van der Waals surface area contributed by atoms with Gasteiger partial charge in [0, 0.05) is 0 Å². The SMILES string of the molecule is COCCN1CCN(CCOC)[C]1=[Ru]([Cl])[Cl]. The molecular formula is C9H18Cl2N2O2Ru. The normalized spacial score (nSPS) is 19.5. The fourth-order valence-electron chi connectivity index (χ4n) is 1.60. The van der Waals surface area contributed by atoms with Gasteiger partial charge in [-0.15, -0.1) is 0 Å². The van der Waals surface area contributed by atoms with Crippen LogP contribution in [0.4, 0.5) is 0 Å². The molecule has 0 bridgehead atoms. The van der Waals surface area contributed by atoms with Gasteiger partial charge in [-0.3, -0.25) is 0 Å². The van der Waals surface area contributed by atoms with Crippen molar-refractivity contribution >= 4 is 23.7 Å². The van der Waals surface area contributed by atoms with E-state index in [1.54, 1.807) is 14.2 Å². The molecule has 0 atom stereocenters. The average Bonchev–Trinajstić information content (AvgIpc) is 2.66. The van der Waals surface area contributed by atoms with Crippen LogP contribution in [0.15, 0.2) is 0 Å². The van der Waals surface area contributed by atoms with Crippen molar-refractivity contribution in [3.05, 3.63) is 0 Å². The van der Waals surface area contributed by atoms with E-state index in [9.17, 15) is 0 Å². The van der Waals surface area contributed by atoms with Gasteiger partial charge >= 0.3 is 110 Å². The Morgan fingerprint density at radius 2 is 1.50 bits per heavy atom. The van der Waals surface area contributed by atoms with Crippen LogP contribution in [0.3, 0.4) is 0 Å². The van der Waals surface area contributed by atoms with E-state index in [-0.39, 0.29) is 0 Å². The van der Waals surface area contributed by atoms with Gasteiger partial charge in [0.25, 0.3) is 0 Å². The Hall–Kier alpha value is 0.913. The van der Waals surface area contributed by atoms with Gasteiger partial charge in [0.2, 0.25) is 0 Å². The Morgan fingerprint density at radius 3 is 1.81 bits per heavy atom. The van der Waals surface area contributed by atoms with Crippen LogP contribution in [-0.2, 0) is 23.0 Å². The number of rotatable bonds is 6. The van der Waals surface area contributed by atoms with Crippen LogP contribution in [0, 0.1) is 0 Å². The standard InChI is InChI=1S/C9H18N2O2.2ClH.Ru/c1-12-7-5-10-3-4-11(9-10)6-8-13-2;;;/h3-8H2,1-2H3;2*1H;/q;;;+2/p-2. The maximum atomic E-state index is 6.14. The number of ether oxygens (including phenoxy) is 2. The molecule has 1 aliphatic heterocycles. The first kappa shape index (κ1) is 15.0. The van der Waals surface area contributed by atoms with Gasteiger partial charge in [-0.05, 0) is 0 Å². The minimum absolute atomic E-state index is 0.706. The molecule has 4 nitrogen and oxygen atoms in total. The molecule has 0 unspecified atom stereocenters. The van der Waals surface area contributed by atoms with Crippen LogP contribution in [-0.4, -0.2) is 67.8 Å². The Bertz CT molecular complexity index is 232. The van der Waals surface area contributed by atoms with Crippen LogP contribution < -0.4 is 0 Å². The summed E-state index contributed by atoms with van der Waals surface area (Å²) in [7, 11) is 15.7. The van der Waals surface area contributed by atoms with Crippen molar-refractivity contribution in [2.75, 3.05) is 53.6 Å². The molecule has 0 aliphatic carbocycles. The second-order valence-electron chi connectivity index (χ2n) is 3.40. The van der Waals surface area contributed by atoms with Gasteiger partial charge in [-0.25, -0.2) is 0 Å². The molecule has 0 N–H and O–H groups in total. The molecule has 1 saturated heterocycles. The minimum atomic E-state index is -1.86. The molecular weight excluding hydrogens is 340 g/mol. The van der Waals surface area contributed by atoms with Crippen molar-refractivity contribution in [3.8, 4) is 0 Å². The summed E-state index contributed by atoms with van der Waals surface area (Å²) in [5.41, 5.74) is 0. The third-order valence-corrected chi connectivity index (χ3v) is 5.50. The van der Waals surface area contributed by atoms with Crippen molar-refractivity contribution in [2.45, 2.75) is 0 Å². The molecule has 16 heavy (non-hydrogen) atoms. The summed E-state index contributed by atoms with van der Waals surface area (Å²) in [6.45, 7) is 5.09. The molecule has 98 valence electrons.